The number of unbranched alkanes of at least 4 members (excludes halogenated alkanes) is 23. The summed E-state index contributed by atoms with van der Waals surface area (Å²) in [6, 6.07) is -0.718. The summed E-state index contributed by atoms with van der Waals surface area (Å²) in [5.41, 5.74) is 0. The van der Waals surface area contributed by atoms with E-state index in [2.05, 4.69) is 111 Å². The van der Waals surface area contributed by atoms with Gasteiger partial charge in [0.05, 0.1) is 25.2 Å². The molecule has 3 unspecified atom stereocenters. The second-order valence-electron chi connectivity index (χ2n) is 17.7. The van der Waals surface area contributed by atoms with Crippen molar-refractivity contribution < 1.29 is 24.5 Å². The quantitative estimate of drug-likeness (QED) is 0.0245. The van der Waals surface area contributed by atoms with Gasteiger partial charge in [0, 0.05) is 6.42 Å². The Morgan fingerprint density at radius 1 is 0.476 bits per heavy atom. The fraction of sp³-hybridized carbons (Fsp3) is 0.719. The summed E-state index contributed by atoms with van der Waals surface area (Å²) in [4.78, 5) is 26.2. The molecule has 362 valence electrons. The van der Waals surface area contributed by atoms with Gasteiger partial charge < -0.3 is 20.3 Å². The average Bonchev–Trinajstić information content (AvgIpc) is 3.28. The van der Waals surface area contributed by atoms with Gasteiger partial charge in [-0.05, 0) is 89.9 Å². The number of ether oxygens (including phenoxy) is 1. The van der Waals surface area contributed by atoms with Crippen molar-refractivity contribution in [2.45, 2.75) is 257 Å². The van der Waals surface area contributed by atoms with Crippen LogP contribution in [0.1, 0.15) is 239 Å². The fourth-order valence-corrected chi connectivity index (χ4v) is 7.51. The highest BCUT2D eigenvalue weighted by atomic mass is 16.5. The number of nitrogens with one attached hydrogen (secondary N) is 1. The zero-order valence-electron chi connectivity index (χ0n) is 41.2. The number of hydrogen-bond acceptors (Lipinski definition) is 5. The van der Waals surface area contributed by atoms with Gasteiger partial charge in [0.2, 0.25) is 5.91 Å². The predicted octanol–water partition coefficient (Wildman–Crippen LogP) is 16.0. The Morgan fingerprint density at radius 3 is 1.40 bits per heavy atom. The summed E-state index contributed by atoms with van der Waals surface area (Å²) in [6.07, 6.45) is 64.9. The molecule has 0 radical (unpaired) electrons. The van der Waals surface area contributed by atoms with E-state index in [1.54, 1.807) is 0 Å². The Bertz CT molecular complexity index is 1210. The second-order valence-corrected chi connectivity index (χ2v) is 17.7. The van der Waals surface area contributed by atoms with Crippen LogP contribution in [0.4, 0.5) is 0 Å². The largest absolute Gasteiger partial charge is 0.462 e. The van der Waals surface area contributed by atoms with Crippen molar-refractivity contribution in [3.63, 3.8) is 0 Å². The number of esters is 1. The van der Waals surface area contributed by atoms with E-state index in [-0.39, 0.29) is 24.9 Å². The van der Waals surface area contributed by atoms with E-state index >= 15 is 0 Å². The maximum Gasteiger partial charge on any atom is 0.306 e. The van der Waals surface area contributed by atoms with E-state index < -0.39 is 18.2 Å². The average molecular weight is 878 g/mol. The molecule has 0 fully saturated rings. The molecule has 6 heteroatoms. The van der Waals surface area contributed by atoms with E-state index in [4.69, 9.17) is 4.74 Å². The van der Waals surface area contributed by atoms with E-state index in [9.17, 15) is 19.8 Å². The van der Waals surface area contributed by atoms with Crippen molar-refractivity contribution >= 4 is 11.9 Å². The summed E-state index contributed by atoms with van der Waals surface area (Å²) >= 11 is 0. The Kier molecular flexibility index (Phi) is 47.7. The molecule has 0 aromatic heterocycles. The second kappa shape index (κ2) is 50.0. The summed E-state index contributed by atoms with van der Waals surface area (Å²) in [7, 11) is 0. The highest BCUT2D eigenvalue weighted by molar-refractivity contribution is 5.77. The Labute approximate surface area is 389 Å². The molecule has 0 spiro atoms. The van der Waals surface area contributed by atoms with Gasteiger partial charge in [-0.1, -0.05) is 221 Å². The minimum Gasteiger partial charge on any atom is -0.462 e. The first-order valence-corrected chi connectivity index (χ1v) is 26.4. The summed E-state index contributed by atoms with van der Waals surface area (Å²) in [5, 5.41) is 23.7. The van der Waals surface area contributed by atoms with Crippen LogP contribution in [-0.4, -0.2) is 46.9 Å². The topological polar surface area (TPSA) is 95.9 Å². The van der Waals surface area contributed by atoms with Crippen molar-refractivity contribution in [1.82, 2.24) is 5.32 Å². The molecule has 0 heterocycles. The standard InChI is InChI=1S/C57H99NO5/c1-4-7-10-13-16-19-21-23-25-27-29-31-33-35-38-41-44-47-50-57(62)63-53(48-45-42-39-37-34-32-30-28-26-24-22-20-17-14-11-8-5-2)51-56(61)58-54(52-59)55(60)49-46-43-40-36-18-15-12-9-6-3/h16-17,19-21,23-27,29-32,53-55,59-60H,4-15,18,22,28,33-52H2,1-3H3,(H,58,61)/b19-16+,20-17-,23-21+,26-24-,27-25+,31-29+,32-30-. The van der Waals surface area contributed by atoms with Gasteiger partial charge in [-0.25, -0.2) is 0 Å². The lowest BCUT2D eigenvalue weighted by Crippen LogP contribution is -2.46. The first kappa shape index (κ1) is 60.0. The molecule has 6 nitrogen and oxygen atoms in total. The molecule has 3 N–H and O–H groups in total. The first-order valence-electron chi connectivity index (χ1n) is 26.4. The monoisotopic (exact) mass is 878 g/mol. The molecule has 0 rings (SSSR count). The van der Waals surface area contributed by atoms with Gasteiger partial charge in [-0.2, -0.15) is 0 Å². The minimum atomic E-state index is -0.801. The SMILES string of the molecule is CCCCC/C=C\C/C=C\C/C=C\CCCCCCC(CC(=O)NC(CO)C(O)CCCCCCCCCCC)OC(=O)CCCCCCC/C=C/C=C/C=C/C=C/CCCCC. The van der Waals surface area contributed by atoms with Crippen molar-refractivity contribution in [2.24, 2.45) is 0 Å². The molecule has 63 heavy (non-hydrogen) atoms. The highest BCUT2D eigenvalue weighted by Gasteiger charge is 2.24. The van der Waals surface area contributed by atoms with Crippen LogP contribution in [-0.2, 0) is 14.3 Å². The third kappa shape index (κ3) is 45.4. The molecule has 0 aliphatic heterocycles. The fourth-order valence-electron chi connectivity index (χ4n) is 7.51. The summed E-state index contributed by atoms with van der Waals surface area (Å²) in [5.74, 6) is -0.527. The molecule has 0 aromatic rings. The Morgan fingerprint density at radius 2 is 0.873 bits per heavy atom. The number of amides is 1. The molecular weight excluding hydrogens is 779 g/mol. The van der Waals surface area contributed by atoms with Crippen molar-refractivity contribution in [2.75, 3.05) is 6.61 Å². The summed E-state index contributed by atoms with van der Waals surface area (Å²) < 4.78 is 5.92. The van der Waals surface area contributed by atoms with Crippen LogP contribution >= 0.6 is 0 Å². The zero-order chi connectivity index (χ0) is 45.9. The van der Waals surface area contributed by atoms with Crippen molar-refractivity contribution in [1.29, 1.82) is 0 Å². The molecule has 0 aromatic carbocycles. The Hall–Kier alpha value is -2.96. The van der Waals surface area contributed by atoms with E-state index in [1.807, 2.05) is 0 Å². The molecule has 0 saturated carbocycles. The van der Waals surface area contributed by atoms with Crippen LogP contribution in [0, 0.1) is 0 Å². The number of allylic oxidation sites excluding steroid dienone is 14. The predicted molar refractivity (Wildman–Crippen MR) is 273 cm³/mol. The maximum atomic E-state index is 13.2. The first-order chi connectivity index (χ1) is 31.0. The van der Waals surface area contributed by atoms with Crippen molar-refractivity contribution in [3.8, 4) is 0 Å². The van der Waals surface area contributed by atoms with Gasteiger partial charge in [-0.15, -0.1) is 0 Å². The van der Waals surface area contributed by atoms with Crippen LogP contribution < -0.4 is 5.32 Å². The van der Waals surface area contributed by atoms with Gasteiger partial charge in [0.25, 0.3) is 0 Å². The van der Waals surface area contributed by atoms with Gasteiger partial charge >= 0.3 is 5.97 Å². The zero-order valence-corrected chi connectivity index (χ0v) is 41.2. The lowest BCUT2D eigenvalue weighted by molar-refractivity contribution is -0.151. The van der Waals surface area contributed by atoms with Crippen molar-refractivity contribution in [3.05, 3.63) is 85.1 Å². The number of carbonyl (C=O) groups excluding carboxylic acids is 2. The normalized spacial score (nSPS) is 13.9. The maximum absolute atomic E-state index is 13.2. The Balaban J connectivity index is 4.69. The van der Waals surface area contributed by atoms with Crippen LogP contribution in [0.3, 0.4) is 0 Å². The van der Waals surface area contributed by atoms with E-state index in [0.29, 0.717) is 19.3 Å². The van der Waals surface area contributed by atoms with Crippen LogP contribution in [0.2, 0.25) is 0 Å². The molecule has 0 saturated heterocycles. The minimum absolute atomic E-state index is 0.0487. The van der Waals surface area contributed by atoms with E-state index in [0.717, 1.165) is 109 Å². The highest BCUT2D eigenvalue weighted by Crippen LogP contribution is 2.17. The number of rotatable bonds is 46. The van der Waals surface area contributed by atoms with Gasteiger partial charge in [-0.3, -0.25) is 9.59 Å². The third-order valence-corrected chi connectivity index (χ3v) is 11.5. The molecule has 3 atom stereocenters. The van der Waals surface area contributed by atoms with E-state index in [1.165, 1.54) is 83.5 Å². The third-order valence-electron chi connectivity index (χ3n) is 11.5. The van der Waals surface area contributed by atoms with Crippen LogP contribution in [0.15, 0.2) is 85.1 Å². The number of aliphatic hydroxyl groups is 2. The molecule has 1 amide bonds. The lowest BCUT2D eigenvalue weighted by atomic mass is 10.0. The molecular formula is C57H99NO5. The summed E-state index contributed by atoms with van der Waals surface area (Å²) in [6.45, 7) is 6.38. The molecule has 0 bridgehead atoms. The molecule has 0 aliphatic rings. The molecule has 0 aliphatic carbocycles. The van der Waals surface area contributed by atoms with Gasteiger partial charge in [0.15, 0.2) is 0 Å². The van der Waals surface area contributed by atoms with Crippen LogP contribution in [0.25, 0.3) is 0 Å². The van der Waals surface area contributed by atoms with Crippen LogP contribution in [0.5, 0.6) is 0 Å². The number of hydrogen-bond donors (Lipinski definition) is 3. The smallest absolute Gasteiger partial charge is 0.306 e. The number of carbonyl (C=O) groups is 2. The van der Waals surface area contributed by atoms with Gasteiger partial charge in [0.1, 0.15) is 6.10 Å². The lowest BCUT2D eigenvalue weighted by Gasteiger charge is -2.24. The number of aliphatic hydroxyl groups excluding tert-OH is 2.